The topological polar surface area (TPSA) is 352 Å². The van der Waals surface area contributed by atoms with Gasteiger partial charge in [-0.1, -0.05) is 6.08 Å². The Morgan fingerprint density at radius 2 is 1.50 bits per heavy atom. The fourth-order valence-corrected chi connectivity index (χ4v) is 6.77. The van der Waals surface area contributed by atoms with Crippen molar-refractivity contribution < 1.29 is 67.0 Å². The third-order valence-electron chi connectivity index (χ3n) is 6.88. The van der Waals surface area contributed by atoms with Crippen molar-refractivity contribution in [1.29, 1.82) is 0 Å². The number of aliphatic hydroxyl groups is 4. The number of aliphatic hydroxyl groups excluding tert-OH is 4. The van der Waals surface area contributed by atoms with Crippen molar-refractivity contribution in [1.82, 2.24) is 24.4 Å². The van der Waals surface area contributed by atoms with Crippen molar-refractivity contribution in [2.45, 2.75) is 55.5 Å². The fourth-order valence-electron chi connectivity index (χ4n) is 4.68. The second kappa shape index (κ2) is 14.2. The van der Waals surface area contributed by atoms with Crippen LogP contribution in [0.5, 0.6) is 0 Å². The Labute approximate surface area is 257 Å². The average Bonchev–Trinajstić information content (AvgIpc) is 3.66. The van der Waals surface area contributed by atoms with Crippen molar-refractivity contribution in [3.05, 3.63) is 46.6 Å². The number of anilines is 1. The van der Waals surface area contributed by atoms with Crippen LogP contribution >= 0.6 is 15.6 Å². The minimum atomic E-state index is -5.37. The third kappa shape index (κ3) is 7.64. The predicted molar refractivity (Wildman–Crippen MR) is 149 cm³/mol. The van der Waals surface area contributed by atoms with E-state index >= 15 is 0 Å². The lowest BCUT2D eigenvalue weighted by atomic mass is 10.1. The second-order valence-corrected chi connectivity index (χ2v) is 12.9. The monoisotopic (exact) mass is 697 g/mol. The molecule has 1 amide bonds. The van der Waals surface area contributed by atoms with Gasteiger partial charge in [0.25, 0.3) is 0 Å². The number of ether oxygens (including phenoxy) is 2. The van der Waals surface area contributed by atoms with Crippen molar-refractivity contribution in [2.24, 2.45) is 5.73 Å². The lowest BCUT2D eigenvalue weighted by Crippen LogP contribution is -2.40. The third-order valence-corrected chi connectivity index (χ3v) is 9.48. The number of phosphoric acid groups is 2. The van der Waals surface area contributed by atoms with Crippen molar-refractivity contribution in [3.63, 3.8) is 0 Å². The van der Waals surface area contributed by atoms with Gasteiger partial charge in [0, 0.05) is 27.9 Å². The van der Waals surface area contributed by atoms with Crippen LogP contribution in [-0.4, -0.2) is 117 Å². The van der Waals surface area contributed by atoms with E-state index in [1.807, 2.05) is 0 Å². The van der Waals surface area contributed by atoms with E-state index in [1.165, 1.54) is 28.2 Å². The summed E-state index contributed by atoms with van der Waals surface area (Å²) in [6.07, 6.45) is -4.88. The fraction of sp³-hybridized carbons (Fsp3) is 0.524. The normalized spacial score (nSPS) is 32.0. The van der Waals surface area contributed by atoms with Gasteiger partial charge in [0.2, 0.25) is 5.91 Å². The van der Waals surface area contributed by atoms with Crippen LogP contribution in [0, 0.1) is 9.93 Å². The molecule has 2 aromatic heterocycles. The Hall–Kier alpha value is -3.28. The molecular formula is C21H29N7O16P2. The SMILES string of the molecule is NC(=O)C1=CN([C@@H]2O[C@H](COP(=O)(O)OP(=O)(O)OC[C@H]3O[C@@H](n4cnc5c(N)ncnc54)[C@H](O)[C@@H]3O)[C@@H](O)[C@H]2O)C=CC1.O=O. The molecule has 0 bridgehead atoms. The number of fused-ring (bicyclic) bond motifs is 1. The smallest absolute Gasteiger partial charge is 0.387 e. The zero-order valence-electron chi connectivity index (χ0n) is 23.2. The standard InChI is InChI=1S/C21H29N7O14P2.O2/c22-17-12-19(25-7-24-17)28(8-26-12)21-16(32)14(30)11(41-21)6-39-44(36,37)42-43(34,35)38-5-10-13(29)15(31)20(40-10)27-3-1-2-9(4-27)18(23)33;1-2/h1,3-4,7-8,10-11,13-16,20-21,29-32H,2,5-6H2,(H2,23,33)(H,34,35)(H,36,37)(H2,22,24,25);/t10-,11-,13-,14-,15-,16-,20-,21-;/m1./s1. The number of carbonyl (C=O) groups excluding carboxylic acids is 1. The van der Waals surface area contributed by atoms with Gasteiger partial charge in [0.05, 0.1) is 19.5 Å². The summed E-state index contributed by atoms with van der Waals surface area (Å²) < 4.78 is 50.8. The van der Waals surface area contributed by atoms with E-state index in [1.54, 1.807) is 6.08 Å². The molecule has 3 aliphatic rings. The lowest BCUT2D eigenvalue weighted by Gasteiger charge is -2.28. The van der Waals surface area contributed by atoms with E-state index in [0.29, 0.717) is 0 Å². The number of hydrogen-bond acceptors (Lipinski definition) is 19. The molecule has 3 aliphatic heterocycles. The van der Waals surface area contributed by atoms with Crippen LogP contribution in [0.1, 0.15) is 12.6 Å². The zero-order chi connectivity index (χ0) is 34.0. The molecule has 2 unspecified atom stereocenters. The molecule has 25 heteroatoms. The van der Waals surface area contributed by atoms with Crippen molar-refractivity contribution in [2.75, 3.05) is 18.9 Å². The van der Waals surface area contributed by atoms with Gasteiger partial charge in [-0.3, -0.25) is 18.4 Å². The Morgan fingerprint density at radius 1 is 0.935 bits per heavy atom. The summed E-state index contributed by atoms with van der Waals surface area (Å²) >= 11 is 0. The summed E-state index contributed by atoms with van der Waals surface area (Å²) in [5, 5.41) is 41.6. The molecule has 10 atom stereocenters. The van der Waals surface area contributed by atoms with Gasteiger partial charge < -0.3 is 56.1 Å². The second-order valence-electron chi connectivity index (χ2n) is 9.84. The number of nitrogens with two attached hydrogens (primary N) is 2. The molecule has 46 heavy (non-hydrogen) atoms. The van der Waals surface area contributed by atoms with E-state index in [0.717, 1.165) is 6.33 Å². The van der Waals surface area contributed by atoms with Gasteiger partial charge >= 0.3 is 15.6 Å². The molecule has 5 heterocycles. The van der Waals surface area contributed by atoms with Gasteiger partial charge in [0.15, 0.2) is 23.9 Å². The molecular weight excluding hydrogens is 668 g/mol. The molecule has 0 spiro atoms. The van der Waals surface area contributed by atoms with Gasteiger partial charge in [-0.2, -0.15) is 4.31 Å². The number of primary amides is 1. The largest absolute Gasteiger partial charge is 0.481 e. The number of nitrogen functional groups attached to an aromatic ring is 1. The van der Waals surface area contributed by atoms with E-state index in [9.17, 15) is 44.1 Å². The first kappa shape index (κ1) is 35.6. The number of hydrogen-bond donors (Lipinski definition) is 8. The number of carbonyl (C=O) groups is 1. The van der Waals surface area contributed by atoms with E-state index in [4.69, 9.17) is 39.9 Å². The summed E-state index contributed by atoms with van der Waals surface area (Å²) in [5.74, 6) is -0.658. The summed E-state index contributed by atoms with van der Waals surface area (Å²) in [6.45, 7) is -1.79. The number of allylic oxidation sites excluding steroid dienone is 1. The average molecular weight is 697 g/mol. The Bertz CT molecular complexity index is 1580. The zero-order valence-corrected chi connectivity index (χ0v) is 25.0. The molecule has 10 N–H and O–H groups in total. The number of nitrogens with zero attached hydrogens (tertiary/aromatic N) is 5. The maximum atomic E-state index is 12.4. The summed E-state index contributed by atoms with van der Waals surface area (Å²) in [6, 6.07) is 0. The van der Waals surface area contributed by atoms with Crippen LogP contribution in [0.3, 0.4) is 0 Å². The van der Waals surface area contributed by atoms with Gasteiger partial charge in [-0.15, -0.1) is 0 Å². The number of rotatable bonds is 11. The molecule has 2 saturated heterocycles. The summed E-state index contributed by atoms with van der Waals surface area (Å²) in [5.41, 5.74) is 11.6. The molecule has 0 saturated carbocycles. The molecule has 254 valence electrons. The highest BCUT2D eigenvalue weighted by Gasteiger charge is 2.48. The molecule has 23 nitrogen and oxygen atoms in total. The van der Waals surface area contributed by atoms with E-state index in [-0.39, 0.29) is 29.0 Å². The first-order chi connectivity index (χ1) is 21.7. The maximum Gasteiger partial charge on any atom is 0.481 e. The highest BCUT2D eigenvalue weighted by atomic mass is 31.3. The molecule has 0 radical (unpaired) electrons. The molecule has 2 fully saturated rings. The van der Waals surface area contributed by atoms with Gasteiger partial charge in [-0.25, -0.2) is 24.1 Å². The number of phosphoric ester groups is 2. The summed E-state index contributed by atoms with van der Waals surface area (Å²) in [7, 11) is -10.7. The van der Waals surface area contributed by atoms with Crippen LogP contribution in [0.2, 0.25) is 0 Å². The van der Waals surface area contributed by atoms with E-state index in [2.05, 4.69) is 19.3 Å². The number of amides is 1. The van der Waals surface area contributed by atoms with Crippen LogP contribution in [0.4, 0.5) is 5.82 Å². The first-order valence-corrected chi connectivity index (χ1v) is 15.9. The lowest BCUT2D eigenvalue weighted by molar-refractivity contribution is -0.115. The predicted octanol–water partition coefficient (Wildman–Crippen LogP) is -2.62. The summed E-state index contributed by atoms with van der Waals surface area (Å²) in [4.78, 5) is 58.6. The van der Waals surface area contributed by atoms with E-state index < -0.39 is 83.8 Å². The first-order valence-electron chi connectivity index (χ1n) is 12.9. The molecule has 0 aromatic carbocycles. The maximum absolute atomic E-state index is 12.4. The highest BCUT2D eigenvalue weighted by Crippen LogP contribution is 2.60. The Morgan fingerprint density at radius 3 is 2.09 bits per heavy atom. The minimum absolute atomic E-state index is 0.0517. The van der Waals surface area contributed by atoms with Gasteiger partial charge in [0.1, 0.15) is 48.5 Å². The van der Waals surface area contributed by atoms with Crippen LogP contribution < -0.4 is 11.5 Å². The van der Waals surface area contributed by atoms with Crippen LogP contribution in [0.15, 0.2) is 36.7 Å². The Balaban J connectivity index is 0.00000235. The van der Waals surface area contributed by atoms with Crippen molar-refractivity contribution in [3.8, 4) is 0 Å². The molecule has 2 aromatic rings. The number of aromatic nitrogens is 4. The molecule has 0 aliphatic carbocycles. The highest BCUT2D eigenvalue weighted by molar-refractivity contribution is 7.61. The number of imidazole rings is 1. The van der Waals surface area contributed by atoms with Crippen molar-refractivity contribution >= 4 is 38.5 Å². The van der Waals surface area contributed by atoms with Gasteiger partial charge in [-0.05, 0) is 6.42 Å². The van der Waals surface area contributed by atoms with Crippen LogP contribution in [0.25, 0.3) is 11.2 Å². The minimum Gasteiger partial charge on any atom is -0.387 e. The Kier molecular flexibility index (Phi) is 11.0. The quantitative estimate of drug-likeness (QED) is 0.111. The molecule has 5 rings (SSSR count). The van der Waals surface area contributed by atoms with Crippen LogP contribution in [-0.2, 0) is 36.8 Å².